The van der Waals surface area contributed by atoms with Gasteiger partial charge < -0.3 is 5.73 Å². The number of rotatable bonds is 6. The highest BCUT2D eigenvalue weighted by atomic mass is 15.4. The van der Waals surface area contributed by atoms with Gasteiger partial charge in [0, 0.05) is 13.0 Å². The zero-order valence-electron chi connectivity index (χ0n) is 10.8. The van der Waals surface area contributed by atoms with Gasteiger partial charge >= 0.3 is 0 Å². The Morgan fingerprint density at radius 2 is 1.94 bits per heavy atom. The summed E-state index contributed by atoms with van der Waals surface area (Å²) in [5.41, 5.74) is 9.08. The van der Waals surface area contributed by atoms with Crippen LogP contribution in [0.5, 0.6) is 0 Å². The van der Waals surface area contributed by atoms with Crippen molar-refractivity contribution in [2.75, 3.05) is 6.54 Å². The Bertz CT molecular complexity index is 476. The first kappa shape index (κ1) is 12.8. The molecule has 18 heavy (non-hydrogen) atoms. The van der Waals surface area contributed by atoms with Crippen molar-refractivity contribution in [1.82, 2.24) is 15.0 Å². The van der Waals surface area contributed by atoms with Crippen LogP contribution in [0.25, 0.3) is 0 Å². The van der Waals surface area contributed by atoms with Crippen LogP contribution in [0.3, 0.4) is 0 Å². The number of hydrogen-bond donors (Lipinski definition) is 1. The minimum atomic E-state index is 0.629. The molecule has 0 radical (unpaired) electrons. The molecule has 0 aliphatic carbocycles. The van der Waals surface area contributed by atoms with Crippen LogP contribution in [0, 0.1) is 6.92 Å². The molecule has 1 heterocycles. The molecule has 0 spiro atoms. The first-order chi connectivity index (χ1) is 8.81. The van der Waals surface area contributed by atoms with E-state index in [9.17, 15) is 0 Å². The average Bonchev–Trinajstić information content (AvgIpc) is 2.73. The Balaban J connectivity index is 1.87. The van der Waals surface area contributed by atoms with E-state index in [-0.39, 0.29) is 0 Å². The van der Waals surface area contributed by atoms with Gasteiger partial charge in [-0.2, -0.15) is 0 Å². The minimum Gasteiger partial charge on any atom is -0.330 e. The third-order valence-corrected chi connectivity index (χ3v) is 3.14. The number of benzene rings is 1. The first-order valence-electron chi connectivity index (χ1n) is 6.44. The average molecular weight is 244 g/mol. The van der Waals surface area contributed by atoms with Gasteiger partial charge in [-0.1, -0.05) is 35.5 Å². The molecule has 0 fully saturated rings. The molecule has 0 atom stereocenters. The van der Waals surface area contributed by atoms with Crippen molar-refractivity contribution in [1.29, 1.82) is 0 Å². The molecule has 2 rings (SSSR count). The molecule has 0 unspecified atom stereocenters. The summed E-state index contributed by atoms with van der Waals surface area (Å²) >= 11 is 0. The number of hydrogen-bond acceptors (Lipinski definition) is 3. The second-order valence-electron chi connectivity index (χ2n) is 4.47. The molecule has 0 amide bonds. The van der Waals surface area contributed by atoms with Gasteiger partial charge in [-0.3, -0.25) is 0 Å². The van der Waals surface area contributed by atoms with Crippen molar-refractivity contribution in [2.24, 2.45) is 5.73 Å². The molecule has 96 valence electrons. The molecule has 1 aromatic heterocycles. The maximum Gasteiger partial charge on any atom is 0.0868 e. The Labute approximate surface area is 108 Å². The van der Waals surface area contributed by atoms with Gasteiger partial charge in [0.2, 0.25) is 0 Å². The van der Waals surface area contributed by atoms with E-state index < -0.39 is 0 Å². The topological polar surface area (TPSA) is 56.7 Å². The second-order valence-corrected chi connectivity index (χ2v) is 4.47. The number of aromatic nitrogens is 3. The van der Waals surface area contributed by atoms with Gasteiger partial charge in [0.15, 0.2) is 0 Å². The summed E-state index contributed by atoms with van der Waals surface area (Å²) in [7, 11) is 0. The van der Waals surface area contributed by atoms with E-state index >= 15 is 0 Å². The van der Waals surface area contributed by atoms with Gasteiger partial charge in [-0.15, -0.1) is 5.10 Å². The molecule has 0 bridgehead atoms. The molecule has 2 N–H and O–H groups in total. The Kier molecular flexibility index (Phi) is 4.47. The first-order valence-corrected chi connectivity index (χ1v) is 6.44. The van der Waals surface area contributed by atoms with E-state index in [1.165, 1.54) is 5.56 Å². The number of nitrogens with zero attached hydrogens (tertiary/aromatic N) is 3. The van der Waals surface area contributed by atoms with Crippen LogP contribution in [0.1, 0.15) is 23.4 Å². The summed E-state index contributed by atoms with van der Waals surface area (Å²) in [4.78, 5) is 0. The monoisotopic (exact) mass is 244 g/mol. The fourth-order valence-corrected chi connectivity index (χ4v) is 2.05. The molecule has 0 saturated heterocycles. The minimum absolute atomic E-state index is 0.629. The summed E-state index contributed by atoms with van der Waals surface area (Å²) in [6.07, 6.45) is 2.97. The van der Waals surface area contributed by atoms with Crippen LogP contribution in [-0.2, 0) is 19.4 Å². The lowest BCUT2D eigenvalue weighted by molar-refractivity contribution is 0.547. The highest BCUT2D eigenvalue weighted by molar-refractivity contribution is 5.14. The van der Waals surface area contributed by atoms with Crippen molar-refractivity contribution in [3.63, 3.8) is 0 Å². The second kappa shape index (κ2) is 6.31. The van der Waals surface area contributed by atoms with Crippen molar-refractivity contribution < 1.29 is 0 Å². The molecule has 1 aromatic carbocycles. The standard InChI is InChI=1S/C14H20N4/c1-12-14(9-10-15)16-17-18(12)11-5-8-13-6-3-2-4-7-13/h2-4,6-7H,5,8-11,15H2,1H3. The highest BCUT2D eigenvalue weighted by Gasteiger charge is 2.06. The fraction of sp³-hybridized carbons (Fsp3) is 0.429. The normalized spacial score (nSPS) is 10.8. The maximum atomic E-state index is 5.54. The van der Waals surface area contributed by atoms with Gasteiger partial charge in [0.25, 0.3) is 0 Å². The van der Waals surface area contributed by atoms with Crippen molar-refractivity contribution in [2.45, 2.75) is 32.7 Å². The number of nitrogens with two attached hydrogens (primary N) is 1. The highest BCUT2D eigenvalue weighted by Crippen LogP contribution is 2.07. The molecule has 2 aromatic rings. The van der Waals surface area contributed by atoms with E-state index in [1.807, 2.05) is 10.7 Å². The van der Waals surface area contributed by atoms with E-state index in [4.69, 9.17) is 5.73 Å². The Morgan fingerprint density at radius 3 is 2.67 bits per heavy atom. The molecule has 0 aliphatic rings. The van der Waals surface area contributed by atoms with Crippen molar-refractivity contribution in [3.8, 4) is 0 Å². The lowest BCUT2D eigenvalue weighted by Gasteiger charge is -2.04. The van der Waals surface area contributed by atoms with E-state index in [0.29, 0.717) is 6.54 Å². The summed E-state index contributed by atoms with van der Waals surface area (Å²) in [5.74, 6) is 0. The van der Waals surface area contributed by atoms with Gasteiger partial charge in [-0.25, -0.2) is 4.68 Å². The lowest BCUT2D eigenvalue weighted by Crippen LogP contribution is -2.06. The van der Waals surface area contributed by atoms with Crippen molar-refractivity contribution >= 4 is 0 Å². The predicted molar refractivity (Wildman–Crippen MR) is 72.3 cm³/mol. The van der Waals surface area contributed by atoms with Crippen LogP contribution in [0.2, 0.25) is 0 Å². The van der Waals surface area contributed by atoms with Crippen LogP contribution >= 0.6 is 0 Å². The SMILES string of the molecule is Cc1c(CCN)nnn1CCCc1ccccc1. The van der Waals surface area contributed by atoms with E-state index in [2.05, 4.69) is 41.5 Å². The Morgan fingerprint density at radius 1 is 1.17 bits per heavy atom. The van der Waals surface area contributed by atoms with Gasteiger partial charge in [0.05, 0.1) is 11.4 Å². The number of aryl methyl sites for hydroxylation is 2. The molecule has 0 saturated carbocycles. The summed E-state index contributed by atoms with van der Waals surface area (Å²) in [5, 5.41) is 8.34. The predicted octanol–water partition coefficient (Wildman–Crippen LogP) is 1.72. The summed E-state index contributed by atoms with van der Waals surface area (Å²) in [6, 6.07) is 10.5. The summed E-state index contributed by atoms with van der Waals surface area (Å²) in [6.45, 7) is 3.61. The van der Waals surface area contributed by atoms with Gasteiger partial charge in [0.1, 0.15) is 0 Å². The van der Waals surface area contributed by atoms with Crippen molar-refractivity contribution in [3.05, 3.63) is 47.3 Å². The molecular formula is C14H20N4. The van der Waals surface area contributed by atoms with Crippen LogP contribution in [-0.4, -0.2) is 21.5 Å². The quantitative estimate of drug-likeness (QED) is 0.841. The molecule has 4 heteroatoms. The summed E-state index contributed by atoms with van der Waals surface area (Å²) < 4.78 is 1.98. The van der Waals surface area contributed by atoms with E-state index in [0.717, 1.165) is 37.2 Å². The van der Waals surface area contributed by atoms with Crippen LogP contribution in [0.4, 0.5) is 0 Å². The molecular weight excluding hydrogens is 224 g/mol. The largest absolute Gasteiger partial charge is 0.330 e. The molecule has 4 nitrogen and oxygen atoms in total. The zero-order valence-corrected chi connectivity index (χ0v) is 10.8. The third kappa shape index (κ3) is 3.17. The third-order valence-electron chi connectivity index (χ3n) is 3.14. The lowest BCUT2D eigenvalue weighted by atomic mass is 10.1. The Hall–Kier alpha value is -1.68. The van der Waals surface area contributed by atoms with Crippen LogP contribution in [0.15, 0.2) is 30.3 Å². The molecule has 0 aliphatic heterocycles. The maximum absolute atomic E-state index is 5.54. The smallest absolute Gasteiger partial charge is 0.0868 e. The van der Waals surface area contributed by atoms with E-state index in [1.54, 1.807) is 0 Å². The van der Waals surface area contributed by atoms with Gasteiger partial charge in [-0.05, 0) is 31.9 Å². The van der Waals surface area contributed by atoms with Crippen LogP contribution < -0.4 is 5.73 Å². The fourth-order valence-electron chi connectivity index (χ4n) is 2.05. The zero-order chi connectivity index (χ0) is 12.8.